The van der Waals surface area contributed by atoms with Gasteiger partial charge in [-0.05, 0) is 54.4 Å². The second-order valence-electron chi connectivity index (χ2n) is 11.5. The van der Waals surface area contributed by atoms with Gasteiger partial charge < -0.3 is 25.2 Å². The van der Waals surface area contributed by atoms with Crippen molar-refractivity contribution in [3.8, 4) is 5.75 Å². The number of nitrogens with zero attached hydrogens (tertiary/aromatic N) is 5. The van der Waals surface area contributed by atoms with Crippen molar-refractivity contribution < 1.29 is 18.8 Å². The zero-order chi connectivity index (χ0) is 32.0. The van der Waals surface area contributed by atoms with Gasteiger partial charge in [0.05, 0.1) is 36.8 Å². The minimum absolute atomic E-state index is 0.0472. The van der Waals surface area contributed by atoms with Crippen LogP contribution in [0.25, 0.3) is 0 Å². The number of carbonyl (C=O) groups is 1. The van der Waals surface area contributed by atoms with Gasteiger partial charge in [-0.2, -0.15) is 0 Å². The smallest absolute Gasteiger partial charge is 0.247 e. The molecule has 0 spiro atoms. The summed E-state index contributed by atoms with van der Waals surface area (Å²) < 4.78 is 19.2. The number of benzene rings is 3. The molecule has 2 fully saturated rings. The lowest BCUT2D eigenvalue weighted by Crippen LogP contribution is -2.44. The highest BCUT2D eigenvalue weighted by Gasteiger charge is 2.29. The number of rotatable bonds is 10. The number of likely N-dealkylation sites (N-methyl/N-ethyl adjacent to an activating group) is 1. The lowest BCUT2D eigenvalue weighted by atomic mass is 9.98. The quantitative estimate of drug-likeness (QED) is 0.215. The van der Waals surface area contributed by atoms with Gasteiger partial charge in [0.25, 0.3) is 0 Å². The predicted molar refractivity (Wildman–Crippen MR) is 178 cm³/mol. The zero-order valence-corrected chi connectivity index (χ0v) is 26.1. The van der Waals surface area contributed by atoms with Gasteiger partial charge >= 0.3 is 0 Å². The van der Waals surface area contributed by atoms with E-state index in [0.29, 0.717) is 41.8 Å². The Bertz CT molecular complexity index is 1690. The third-order valence-electron chi connectivity index (χ3n) is 8.31. The fourth-order valence-corrected chi connectivity index (χ4v) is 5.85. The number of halogens is 1. The summed E-state index contributed by atoms with van der Waals surface area (Å²) in [6, 6.07) is 20.6. The number of aromatic nitrogens is 2. The normalized spacial score (nSPS) is 16.7. The number of nitrogens with one attached hydrogen (secondary N) is 2. The van der Waals surface area contributed by atoms with Crippen LogP contribution in [0.5, 0.6) is 5.75 Å². The molecule has 1 amide bonds. The van der Waals surface area contributed by atoms with Gasteiger partial charge in [-0.3, -0.25) is 9.63 Å². The summed E-state index contributed by atoms with van der Waals surface area (Å²) in [4.78, 5) is 32.0. The third-order valence-corrected chi connectivity index (χ3v) is 8.31. The average Bonchev–Trinajstić information content (AvgIpc) is 3.57. The number of ether oxygens (including phenoxy) is 1. The molecule has 2 aliphatic heterocycles. The van der Waals surface area contributed by atoms with Crippen LogP contribution in [-0.4, -0.2) is 67.7 Å². The van der Waals surface area contributed by atoms with E-state index in [2.05, 4.69) is 62.2 Å². The van der Waals surface area contributed by atoms with Crippen molar-refractivity contribution in [1.82, 2.24) is 14.9 Å². The summed E-state index contributed by atoms with van der Waals surface area (Å²) in [6.07, 6.45) is 4.24. The molecular formula is C35H38FN7O3. The first-order valence-corrected chi connectivity index (χ1v) is 15.3. The number of hydroxylamine groups is 1. The van der Waals surface area contributed by atoms with Crippen LogP contribution in [0.3, 0.4) is 0 Å². The number of hydrogen-bond acceptors (Lipinski definition) is 9. The van der Waals surface area contributed by atoms with E-state index >= 15 is 0 Å². The van der Waals surface area contributed by atoms with Gasteiger partial charge in [-0.1, -0.05) is 43.0 Å². The van der Waals surface area contributed by atoms with E-state index in [0.717, 1.165) is 55.0 Å². The predicted octanol–water partition coefficient (Wildman–Crippen LogP) is 5.72. The summed E-state index contributed by atoms with van der Waals surface area (Å²) in [5.41, 5.74) is 5.45. The van der Waals surface area contributed by atoms with E-state index in [1.807, 2.05) is 41.5 Å². The molecule has 4 aromatic rings. The molecular weight excluding hydrogens is 585 g/mol. The summed E-state index contributed by atoms with van der Waals surface area (Å²) >= 11 is 0. The van der Waals surface area contributed by atoms with Crippen molar-refractivity contribution in [3.63, 3.8) is 0 Å². The maximum Gasteiger partial charge on any atom is 0.247 e. The largest absolute Gasteiger partial charge is 0.494 e. The van der Waals surface area contributed by atoms with Crippen LogP contribution in [0, 0.1) is 5.82 Å². The van der Waals surface area contributed by atoms with Crippen molar-refractivity contribution in [1.29, 1.82) is 0 Å². The van der Waals surface area contributed by atoms with Gasteiger partial charge in [0.15, 0.2) is 5.82 Å². The first-order chi connectivity index (χ1) is 22.4. The third kappa shape index (κ3) is 7.11. The molecule has 3 aromatic carbocycles. The van der Waals surface area contributed by atoms with Gasteiger partial charge in [-0.25, -0.2) is 19.4 Å². The zero-order valence-electron chi connectivity index (χ0n) is 26.1. The first kappa shape index (κ1) is 31.0. The molecule has 1 aromatic heterocycles. The highest BCUT2D eigenvalue weighted by molar-refractivity contribution is 6.02. The minimum atomic E-state index is -0.297. The summed E-state index contributed by atoms with van der Waals surface area (Å²) in [7, 11) is 3.72. The molecule has 46 heavy (non-hydrogen) atoms. The summed E-state index contributed by atoms with van der Waals surface area (Å²) in [5.74, 6) is 1.22. The molecule has 6 rings (SSSR count). The van der Waals surface area contributed by atoms with E-state index in [4.69, 9.17) is 9.57 Å². The second kappa shape index (κ2) is 14.0. The van der Waals surface area contributed by atoms with Crippen molar-refractivity contribution in [2.75, 3.05) is 67.5 Å². The van der Waals surface area contributed by atoms with Gasteiger partial charge in [-0.15, -0.1) is 0 Å². The standard InChI is InChI=1S/C35H38FN7O3/c1-4-35(44)40-28-20-29(32(45-3)21-31(28)42-15-13-41(2)14-16-42)39-33-22-34(38-23-37-33)43-30(12-17-46-43)26-7-5-6-25(19-26)18-24-8-10-27(36)11-9-24/h4-11,19-23,30H,1,12-18H2,2-3H3,(H,40,44)(H,37,38,39). The summed E-state index contributed by atoms with van der Waals surface area (Å²) in [5, 5.41) is 8.15. The molecule has 11 heteroatoms. The number of anilines is 5. The van der Waals surface area contributed by atoms with Crippen LogP contribution in [0.2, 0.25) is 0 Å². The lowest BCUT2D eigenvalue weighted by Gasteiger charge is -2.35. The Labute approximate surface area is 268 Å². The maximum absolute atomic E-state index is 13.4. The van der Waals surface area contributed by atoms with Gasteiger partial charge in [0.1, 0.15) is 23.7 Å². The molecule has 1 atom stereocenters. The van der Waals surface area contributed by atoms with Crippen LogP contribution in [-0.2, 0) is 16.1 Å². The molecule has 0 bridgehead atoms. The van der Waals surface area contributed by atoms with Crippen molar-refractivity contribution in [2.45, 2.75) is 18.9 Å². The Morgan fingerprint density at radius 1 is 1.04 bits per heavy atom. The van der Waals surface area contributed by atoms with Crippen molar-refractivity contribution in [2.24, 2.45) is 0 Å². The van der Waals surface area contributed by atoms with E-state index in [1.165, 1.54) is 24.5 Å². The molecule has 0 radical (unpaired) electrons. The molecule has 1 unspecified atom stereocenters. The molecule has 2 aliphatic rings. The Balaban J connectivity index is 1.24. The van der Waals surface area contributed by atoms with Crippen LogP contribution in [0.15, 0.2) is 85.7 Å². The number of carbonyl (C=O) groups excluding carboxylic acids is 1. The maximum atomic E-state index is 13.4. The Morgan fingerprint density at radius 3 is 2.61 bits per heavy atom. The molecule has 10 nitrogen and oxygen atoms in total. The van der Waals surface area contributed by atoms with E-state index in [-0.39, 0.29) is 17.8 Å². The van der Waals surface area contributed by atoms with Crippen LogP contribution < -0.4 is 25.3 Å². The second-order valence-corrected chi connectivity index (χ2v) is 11.5. The monoisotopic (exact) mass is 623 g/mol. The van der Waals surface area contributed by atoms with E-state index in [1.54, 1.807) is 7.11 Å². The molecule has 2 N–H and O–H groups in total. The summed E-state index contributed by atoms with van der Waals surface area (Å²) in [6.45, 7) is 7.64. The molecule has 3 heterocycles. The van der Waals surface area contributed by atoms with Gasteiger partial charge in [0.2, 0.25) is 5.91 Å². The molecule has 2 saturated heterocycles. The average molecular weight is 624 g/mol. The number of hydrogen-bond donors (Lipinski definition) is 2. The molecule has 0 aliphatic carbocycles. The fourth-order valence-electron chi connectivity index (χ4n) is 5.85. The minimum Gasteiger partial charge on any atom is -0.494 e. The first-order valence-electron chi connectivity index (χ1n) is 15.3. The van der Waals surface area contributed by atoms with Crippen LogP contribution in [0.1, 0.15) is 29.2 Å². The van der Waals surface area contributed by atoms with E-state index in [9.17, 15) is 9.18 Å². The number of amides is 1. The van der Waals surface area contributed by atoms with Crippen LogP contribution >= 0.6 is 0 Å². The lowest BCUT2D eigenvalue weighted by molar-refractivity contribution is -0.111. The molecule has 0 saturated carbocycles. The Kier molecular flexibility index (Phi) is 9.41. The van der Waals surface area contributed by atoms with Crippen molar-refractivity contribution in [3.05, 3.63) is 108 Å². The van der Waals surface area contributed by atoms with E-state index < -0.39 is 0 Å². The van der Waals surface area contributed by atoms with Gasteiger partial charge in [0, 0.05) is 44.7 Å². The highest BCUT2D eigenvalue weighted by Crippen LogP contribution is 2.40. The fraction of sp³-hybridized carbons (Fsp3) is 0.286. The molecule has 238 valence electrons. The topological polar surface area (TPSA) is 95.1 Å². The Hall–Kier alpha value is -5.00. The SMILES string of the molecule is C=CC(=O)Nc1cc(Nc2cc(N3OCCC3c3cccc(Cc4ccc(F)cc4)c3)ncn2)c(OC)cc1N1CCN(C)CC1. The Morgan fingerprint density at radius 2 is 1.85 bits per heavy atom. The number of methoxy groups -OCH3 is 1. The van der Waals surface area contributed by atoms with Crippen LogP contribution in [0.4, 0.5) is 33.1 Å². The highest BCUT2D eigenvalue weighted by atomic mass is 19.1. The number of piperazine rings is 1. The van der Waals surface area contributed by atoms with Crippen molar-refractivity contribution >= 4 is 34.6 Å².